The molecule has 1 fully saturated rings. The first-order valence-corrected chi connectivity index (χ1v) is 13.6. The van der Waals surface area contributed by atoms with Gasteiger partial charge in [-0.1, -0.05) is 19.1 Å². The number of phenols is 1. The Labute approximate surface area is 242 Å². The number of aliphatic hydroxyl groups excluding tert-OH is 2. The van der Waals surface area contributed by atoms with Gasteiger partial charge in [0.2, 0.25) is 5.78 Å². The summed E-state index contributed by atoms with van der Waals surface area (Å²) in [4.78, 5) is 56.4. The minimum absolute atomic E-state index is 0.0563. The number of aromatic hydroxyl groups is 1. The highest BCUT2D eigenvalue weighted by Gasteiger charge is 2.69. The third kappa shape index (κ3) is 4.75. The number of nitrogens with two attached hydrogens (primary N) is 1. The largest absolute Gasteiger partial charge is 0.508 e. The number of ketones is 2. The number of likely N-dealkylation sites (N-methyl/N-ethyl adjacent to an activating group) is 2. The molecule has 1 aromatic carbocycles. The van der Waals surface area contributed by atoms with Crippen LogP contribution in [0.15, 0.2) is 35.1 Å². The van der Waals surface area contributed by atoms with Gasteiger partial charge in [0.1, 0.15) is 28.9 Å². The van der Waals surface area contributed by atoms with Crippen molar-refractivity contribution in [2.75, 3.05) is 47.9 Å². The van der Waals surface area contributed by atoms with E-state index in [0.717, 1.165) is 0 Å². The number of esters is 1. The van der Waals surface area contributed by atoms with E-state index in [0.29, 0.717) is 12.1 Å². The van der Waals surface area contributed by atoms with Crippen LogP contribution in [0.3, 0.4) is 0 Å². The van der Waals surface area contributed by atoms with E-state index in [1.807, 2.05) is 19.0 Å². The molecule has 6 N–H and O–H groups in total. The molecule has 13 heteroatoms. The summed E-state index contributed by atoms with van der Waals surface area (Å²) in [6.07, 6.45) is -1.59. The lowest BCUT2D eigenvalue weighted by Gasteiger charge is -2.54. The van der Waals surface area contributed by atoms with E-state index in [9.17, 15) is 39.6 Å². The van der Waals surface area contributed by atoms with Crippen LogP contribution in [0.2, 0.25) is 0 Å². The lowest BCUT2D eigenvalue weighted by atomic mass is 9.54. The second-order valence-corrected chi connectivity index (χ2v) is 11.3. The number of primary amides is 1. The first-order chi connectivity index (χ1) is 19.7. The molecule has 1 saturated carbocycles. The van der Waals surface area contributed by atoms with Crippen LogP contribution < -0.4 is 5.73 Å². The number of benzene rings is 1. The van der Waals surface area contributed by atoms with E-state index in [4.69, 9.17) is 15.2 Å². The third-order valence-corrected chi connectivity index (χ3v) is 8.31. The second kappa shape index (κ2) is 11.5. The summed E-state index contributed by atoms with van der Waals surface area (Å²) in [6.45, 7) is 2.31. The summed E-state index contributed by atoms with van der Waals surface area (Å²) in [6, 6.07) is 3.04. The number of nitrogens with zero attached hydrogens (tertiary/aromatic N) is 2. The van der Waals surface area contributed by atoms with Crippen molar-refractivity contribution in [2.24, 2.45) is 17.6 Å². The summed E-state index contributed by atoms with van der Waals surface area (Å²) >= 11 is 0. The van der Waals surface area contributed by atoms with Crippen LogP contribution in [0.1, 0.15) is 30.4 Å². The van der Waals surface area contributed by atoms with Crippen LogP contribution in [0.25, 0.3) is 5.76 Å². The number of Topliss-reactive ketones (excluding diaryl/α,β-unsaturated/α-hetero) is 2. The average Bonchev–Trinajstić information content (AvgIpc) is 2.90. The molecule has 3 aliphatic carbocycles. The van der Waals surface area contributed by atoms with Crippen molar-refractivity contribution in [2.45, 2.75) is 37.0 Å². The zero-order valence-corrected chi connectivity index (χ0v) is 24.2. The summed E-state index contributed by atoms with van der Waals surface area (Å²) in [5.41, 5.74) is 1.30. The molecule has 0 heterocycles. The summed E-state index contributed by atoms with van der Waals surface area (Å²) in [5, 5.41) is 45.6. The van der Waals surface area contributed by atoms with Gasteiger partial charge in [0.25, 0.3) is 5.91 Å². The highest BCUT2D eigenvalue weighted by atomic mass is 16.5. The Morgan fingerprint density at radius 3 is 2.33 bits per heavy atom. The lowest BCUT2D eigenvalue weighted by molar-refractivity contribution is -0.186. The number of carbonyl (C=O) groups excluding carboxylic acids is 4. The van der Waals surface area contributed by atoms with Crippen molar-refractivity contribution < 1.29 is 49.1 Å². The maximum Gasteiger partial charge on any atom is 0.305 e. The van der Waals surface area contributed by atoms with Crippen LogP contribution in [0, 0.1) is 11.8 Å². The maximum atomic E-state index is 14.4. The minimum atomic E-state index is -3.00. The van der Waals surface area contributed by atoms with E-state index < -0.39 is 81.6 Å². The lowest BCUT2D eigenvalue weighted by Crippen LogP contribution is -2.71. The Balaban J connectivity index is 2.04. The SMILES string of the molecule is CCC(=O)O[C@H]1[C@@H]2C(=C(O)c3c(O)cccc3[C@H]2COCCN(C)C)C(=O)[C@]2(O)C(O)=C(C(N)=O)C(=O)[C@@H](N(C)C)[C@@H]12. The Hall–Kier alpha value is -3.78. The molecule has 1 aromatic rings. The van der Waals surface area contributed by atoms with Crippen LogP contribution in [0.4, 0.5) is 0 Å². The van der Waals surface area contributed by atoms with Gasteiger partial charge in [-0.3, -0.25) is 24.1 Å². The number of ether oxygens (including phenoxy) is 2. The minimum Gasteiger partial charge on any atom is -0.508 e. The van der Waals surface area contributed by atoms with Crippen molar-refractivity contribution in [3.05, 3.63) is 46.2 Å². The highest BCUT2D eigenvalue weighted by Crippen LogP contribution is 2.57. The zero-order chi connectivity index (χ0) is 31.3. The van der Waals surface area contributed by atoms with Gasteiger partial charge in [-0.05, 0) is 39.8 Å². The molecular weight excluding hydrogens is 550 g/mol. The molecular formula is C29H37N3O10. The van der Waals surface area contributed by atoms with E-state index in [2.05, 4.69) is 0 Å². The smallest absolute Gasteiger partial charge is 0.305 e. The third-order valence-electron chi connectivity index (χ3n) is 8.31. The van der Waals surface area contributed by atoms with Crippen LogP contribution in [-0.2, 0) is 28.7 Å². The van der Waals surface area contributed by atoms with Crippen molar-refractivity contribution in [3.8, 4) is 5.75 Å². The summed E-state index contributed by atoms with van der Waals surface area (Å²) in [5.74, 6) is -10.2. The number of amides is 1. The van der Waals surface area contributed by atoms with Gasteiger partial charge in [0, 0.05) is 30.4 Å². The quantitative estimate of drug-likeness (QED) is 0.148. The van der Waals surface area contributed by atoms with Crippen LogP contribution in [-0.4, -0.2) is 119 Å². The van der Waals surface area contributed by atoms with Crippen molar-refractivity contribution in [1.29, 1.82) is 0 Å². The van der Waals surface area contributed by atoms with Gasteiger partial charge in [0.05, 0.1) is 30.7 Å². The average molecular weight is 588 g/mol. The van der Waals surface area contributed by atoms with E-state index in [1.165, 1.54) is 32.0 Å². The number of phenolic OH excluding ortho intramolecular Hbond substituents is 1. The Bertz CT molecular complexity index is 1380. The maximum absolute atomic E-state index is 14.4. The van der Waals surface area contributed by atoms with Gasteiger partial charge in [-0.15, -0.1) is 0 Å². The molecule has 0 radical (unpaired) electrons. The van der Waals surface area contributed by atoms with E-state index >= 15 is 0 Å². The number of aliphatic hydroxyl groups is 3. The molecule has 3 aliphatic rings. The fraction of sp³-hybridized carbons (Fsp3) is 0.517. The number of fused-ring (bicyclic) bond motifs is 3. The van der Waals surface area contributed by atoms with Gasteiger partial charge in [-0.2, -0.15) is 0 Å². The summed E-state index contributed by atoms with van der Waals surface area (Å²) < 4.78 is 11.8. The molecule has 228 valence electrons. The Morgan fingerprint density at radius 2 is 1.76 bits per heavy atom. The van der Waals surface area contributed by atoms with Crippen molar-refractivity contribution in [3.63, 3.8) is 0 Å². The Morgan fingerprint density at radius 1 is 1.10 bits per heavy atom. The molecule has 0 bridgehead atoms. The molecule has 0 unspecified atom stereocenters. The molecule has 13 nitrogen and oxygen atoms in total. The van der Waals surface area contributed by atoms with Gasteiger partial charge < -0.3 is 40.5 Å². The second-order valence-electron chi connectivity index (χ2n) is 11.3. The van der Waals surface area contributed by atoms with Gasteiger partial charge in [0.15, 0.2) is 11.4 Å². The zero-order valence-electron chi connectivity index (χ0n) is 24.2. The highest BCUT2D eigenvalue weighted by molar-refractivity contribution is 6.24. The fourth-order valence-corrected chi connectivity index (χ4v) is 6.40. The van der Waals surface area contributed by atoms with Crippen molar-refractivity contribution in [1.82, 2.24) is 9.80 Å². The van der Waals surface area contributed by atoms with Crippen molar-refractivity contribution >= 4 is 29.2 Å². The molecule has 42 heavy (non-hydrogen) atoms. The molecule has 0 aromatic heterocycles. The topological polar surface area (TPSA) is 200 Å². The molecule has 0 saturated heterocycles. The predicted octanol–water partition coefficient (Wildman–Crippen LogP) is 0.0150. The standard InChI is InChI=1S/C29H37N3O10/c1-6-16(34)42-25-18-14(12-41-11-10-31(2)3)13-8-7-9-15(33)17(13)23(35)19(18)26(37)29(40)21(25)22(32(4)5)24(36)20(27(29)38)28(30)39/h7-9,14,18,21-22,25,33,35,38,40H,6,10-12H2,1-5H3,(H2,30,39)/t14-,18+,21+,22+,25+,29+/m1/s1. The first-order valence-electron chi connectivity index (χ1n) is 13.6. The van der Waals surface area contributed by atoms with Gasteiger partial charge >= 0.3 is 5.97 Å². The first kappa shape index (κ1) is 31.2. The molecule has 0 aliphatic heterocycles. The Kier molecular flexibility index (Phi) is 8.52. The van der Waals surface area contributed by atoms with Crippen LogP contribution >= 0.6 is 0 Å². The predicted molar refractivity (Wildman–Crippen MR) is 148 cm³/mol. The van der Waals surface area contributed by atoms with Gasteiger partial charge in [-0.25, -0.2) is 0 Å². The monoisotopic (exact) mass is 587 g/mol. The van der Waals surface area contributed by atoms with Crippen LogP contribution in [0.5, 0.6) is 5.75 Å². The number of hydrogen-bond donors (Lipinski definition) is 5. The number of carbonyl (C=O) groups is 4. The molecule has 4 rings (SSSR count). The summed E-state index contributed by atoms with van der Waals surface area (Å²) in [7, 11) is 6.65. The number of rotatable bonds is 9. The van der Waals surface area contributed by atoms with E-state index in [1.54, 1.807) is 12.1 Å². The number of hydrogen-bond acceptors (Lipinski definition) is 12. The van der Waals surface area contributed by atoms with E-state index in [-0.39, 0.29) is 30.9 Å². The fourth-order valence-electron chi connectivity index (χ4n) is 6.40. The normalized spacial score (nSPS) is 29.0. The molecule has 1 amide bonds. The molecule has 0 spiro atoms. The molecule has 6 atom stereocenters.